The summed E-state index contributed by atoms with van der Waals surface area (Å²) in [4.78, 5) is 16.3. The minimum atomic E-state index is -4.17. The highest BCUT2D eigenvalue weighted by Gasteiger charge is 2.26. The molecule has 4 rings (SSSR count). The van der Waals surface area contributed by atoms with Crippen molar-refractivity contribution in [1.82, 2.24) is 20.1 Å². The molecular weight excluding hydrogens is 408 g/mol. The Hall–Kier alpha value is -3.28. The average Bonchev–Trinajstić information content (AvgIpc) is 3.44. The van der Waals surface area contributed by atoms with Crippen LogP contribution in [0.5, 0.6) is 0 Å². The van der Waals surface area contributed by atoms with Crippen molar-refractivity contribution in [1.29, 1.82) is 0 Å². The molecule has 1 amide bonds. The number of H-pyrrole nitrogens is 1. The number of hydrogen-bond donors (Lipinski definition) is 2. The van der Waals surface area contributed by atoms with E-state index in [1.807, 2.05) is 4.72 Å². The lowest BCUT2D eigenvalue weighted by Crippen LogP contribution is -2.27. The predicted octanol–water partition coefficient (Wildman–Crippen LogP) is 2.38. The van der Waals surface area contributed by atoms with Crippen molar-refractivity contribution < 1.29 is 26.4 Å². The molecule has 0 radical (unpaired) electrons. The molecule has 0 bridgehead atoms. The van der Waals surface area contributed by atoms with Crippen molar-refractivity contribution in [2.75, 3.05) is 17.8 Å². The number of halogens is 2. The van der Waals surface area contributed by atoms with Crippen LogP contribution < -0.4 is 4.72 Å². The second kappa shape index (κ2) is 7.28. The van der Waals surface area contributed by atoms with Crippen LogP contribution in [0.2, 0.25) is 0 Å². The van der Waals surface area contributed by atoms with Crippen molar-refractivity contribution in [3.8, 4) is 11.6 Å². The van der Waals surface area contributed by atoms with Crippen molar-refractivity contribution in [3.63, 3.8) is 0 Å². The van der Waals surface area contributed by atoms with Crippen molar-refractivity contribution in [2.45, 2.75) is 17.7 Å². The summed E-state index contributed by atoms with van der Waals surface area (Å²) in [5, 5.41) is 7.49. The van der Waals surface area contributed by atoms with Crippen LogP contribution >= 0.6 is 0 Å². The number of likely N-dealkylation sites (tertiary alicyclic amines) is 1. The van der Waals surface area contributed by atoms with Crippen LogP contribution in [0.15, 0.2) is 39.8 Å². The summed E-state index contributed by atoms with van der Waals surface area (Å²) in [6.45, 7) is 1.24. The molecule has 1 aliphatic rings. The van der Waals surface area contributed by atoms with Crippen LogP contribution in [0.1, 0.15) is 23.5 Å². The first-order chi connectivity index (χ1) is 13.8. The monoisotopic (exact) mass is 423 g/mol. The molecule has 29 heavy (non-hydrogen) atoms. The fourth-order valence-electron chi connectivity index (χ4n) is 2.90. The molecule has 3 aromatic rings. The second-order valence-corrected chi connectivity index (χ2v) is 8.07. The largest absolute Gasteiger partial charge is 0.411 e. The maximum Gasteiger partial charge on any atom is 0.311 e. The smallest absolute Gasteiger partial charge is 0.311 e. The normalized spacial score (nSPS) is 14.3. The first-order valence-electron chi connectivity index (χ1n) is 8.63. The van der Waals surface area contributed by atoms with Crippen LogP contribution in [0, 0.1) is 11.6 Å². The molecule has 0 atom stereocenters. The van der Waals surface area contributed by atoms with Crippen LogP contribution in [0.3, 0.4) is 0 Å². The van der Waals surface area contributed by atoms with E-state index in [1.54, 1.807) is 4.90 Å². The molecule has 9 nitrogen and oxygen atoms in total. The SMILES string of the molecule is O=C(c1nnc(-c2cc(S(=O)(=O)Nc3ccc(F)cc3F)c[nH]2)o1)N1CCCC1. The minimum absolute atomic E-state index is 0.0676. The molecular formula is C17H15F2N5O4S. The zero-order chi connectivity index (χ0) is 20.6. The maximum absolute atomic E-state index is 13.7. The van der Waals surface area contributed by atoms with Gasteiger partial charge in [0.15, 0.2) is 0 Å². The van der Waals surface area contributed by atoms with Crippen LogP contribution in [0.25, 0.3) is 11.6 Å². The van der Waals surface area contributed by atoms with Gasteiger partial charge in [-0.05, 0) is 31.0 Å². The van der Waals surface area contributed by atoms with E-state index in [1.165, 1.54) is 6.07 Å². The highest BCUT2D eigenvalue weighted by atomic mass is 32.2. The summed E-state index contributed by atoms with van der Waals surface area (Å²) in [5.41, 5.74) is -0.233. The van der Waals surface area contributed by atoms with Gasteiger partial charge < -0.3 is 14.3 Å². The lowest BCUT2D eigenvalue weighted by Gasteiger charge is -2.11. The molecule has 0 saturated carbocycles. The van der Waals surface area contributed by atoms with Crippen molar-refractivity contribution in [2.24, 2.45) is 0 Å². The van der Waals surface area contributed by atoms with E-state index in [0.717, 1.165) is 31.2 Å². The molecule has 152 valence electrons. The van der Waals surface area contributed by atoms with Gasteiger partial charge in [0.05, 0.1) is 5.69 Å². The number of nitrogens with zero attached hydrogens (tertiary/aromatic N) is 3. The minimum Gasteiger partial charge on any atom is -0.411 e. The molecule has 3 heterocycles. The number of nitrogens with one attached hydrogen (secondary N) is 2. The number of benzene rings is 1. The van der Waals surface area contributed by atoms with Gasteiger partial charge >= 0.3 is 11.8 Å². The summed E-state index contributed by atoms with van der Waals surface area (Å²) < 4.78 is 59.0. The third kappa shape index (κ3) is 3.83. The second-order valence-electron chi connectivity index (χ2n) is 6.39. The topological polar surface area (TPSA) is 121 Å². The number of carbonyl (C=O) groups is 1. The van der Waals surface area contributed by atoms with Crippen LogP contribution in [-0.2, 0) is 10.0 Å². The van der Waals surface area contributed by atoms with Crippen LogP contribution in [0.4, 0.5) is 14.5 Å². The first-order valence-corrected chi connectivity index (χ1v) is 10.1. The van der Waals surface area contributed by atoms with Gasteiger partial charge in [-0.15, -0.1) is 10.2 Å². The van der Waals surface area contributed by atoms with E-state index in [0.29, 0.717) is 19.2 Å². The van der Waals surface area contributed by atoms with Crippen molar-refractivity contribution in [3.05, 3.63) is 48.0 Å². The van der Waals surface area contributed by atoms with Gasteiger partial charge in [0, 0.05) is 25.4 Å². The van der Waals surface area contributed by atoms with E-state index in [-0.39, 0.29) is 28.3 Å². The Bertz CT molecular complexity index is 1170. The maximum atomic E-state index is 13.7. The number of amides is 1. The number of hydrogen-bond acceptors (Lipinski definition) is 6. The zero-order valence-electron chi connectivity index (χ0n) is 14.9. The molecule has 12 heteroatoms. The van der Waals surface area contributed by atoms with E-state index in [2.05, 4.69) is 15.2 Å². The van der Waals surface area contributed by atoms with Crippen molar-refractivity contribution >= 4 is 21.6 Å². The van der Waals surface area contributed by atoms with Gasteiger partial charge in [0.2, 0.25) is 0 Å². The molecule has 0 aliphatic carbocycles. The Morgan fingerprint density at radius 3 is 2.66 bits per heavy atom. The number of aromatic amines is 1. The molecule has 0 spiro atoms. The number of sulfonamides is 1. The third-order valence-corrected chi connectivity index (χ3v) is 5.72. The highest BCUT2D eigenvalue weighted by Crippen LogP contribution is 2.24. The van der Waals surface area contributed by atoms with E-state index < -0.39 is 27.3 Å². The molecule has 1 aromatic carbocycles. The van der Waals surface area contributed by atoms with E-state index in [4.69, 9.17) is 4.42 Å². The van der Waals surface area contributed by atoms with Crippen LogP contribution in [-0.4, -0.2) is 47.5 Å². The molecule has 1 fully saturated rings. The Morgan fingerprint density at radius 2 is 1.93 bits per heavy atom. The number of rotatable bonds is 5. The Morgan fingerprint density at radius 1 is 1.17 bits per heavy atom. The first kappa shape index (κ1) is 19.1. The molecule has 1 saturated heterocycles. The van der Waals surface area contributed by atoms with Gasteiger partial charge in [0.1, 0.15) is 22.2 Å². The fourth-order valence-corrected chi connectivity index (χ4v) is 3.96. The third-order valence-electron chi connectivity index (χ3n) is 4.37. The standard InChI is InChI=1S/C17H15F2N5O4S/c18-10-3-4-13(12(19)7-10)23-29(26,27)11-8-14(20-9-11)15-21-22-16(28-15)17(25)24-5-1-2-6-24/h3-4,7-9,20,23H,1-2,5-6H2. The summed E-state index contributed by atoms with van der Waals surface area (Å²) in [7, 11) is -4.17. The predicted molar refractivity (Wildman–Crippen MR) is 96.4 cm³/mol. The van der Waals surface area contributed by atoms with Gasteiger partial charge in [0.25, 0.3) is 15.9 Å². The highest BCUT2D eigenvalue weighted by molar-refractivity contribution is 7.92. The molecule has 1 aliphatic heterocycles. The van der Waals surface area contributed by atoms with E-state index in [9.17, 15) is 22.0 Å². The van der Waals surface area contributed by atoms with Gasteiger partial charge in [-0.2, -0.15) is 0 Å². The lowest BCUT2D eigenvalue weighted by molar-refractivity contribution is 0.0754. The Balaban J connectivity index is 1.54. The number of carbonyl (C=O) groups excluding carboxylic acids is 1. The van der Waals surface area contributed by atoms with Gasteiger partial charge in [-0.3, -0.25) is 9.52 Å². The quantitative estimate of drug-likeness (QED) is 0.650. The summed E-state index contributed by atoms with van der Waals surface area (Å²) in [6.07, 6.45) is 2.96. The Labute approximate surface area is 163 Å². The molecule has 0 unspecified atom stereocenters. The summed E-state index contributed by atoms with van der Waals surface area (Å²) in [5.74, 6) is -2.51. The zero-order valence-corrected chi connectivity index (χ0v) is 15.7. The average molecular weight is 423 g/mol. The van der Waals surface area contributed by atoms with E-state index >= 15 is 0 Å². The molecule has 2 aromatic heterocycles. The van der Waals surface area contributed by atoms with Gasteiger partial charge in [-0.25, -0.2) is 17.2 Å². The lowest BCUT2D eigenvalue weighted by atomic mass is 10.3. The summed E-state index contributed by atoms with van der Waals surface area (Å²) >= 11 is 0. The van der Waals surface area contributed by atoms with Gasteiger partial charge in [-0.1, -0.05) is 0 Å². The number of anilines is 1. The summed E-state index contributed by atoms with van der Waals surface area (Å²) in [6, 6.07) is 3.67. The molecule has 2 N–H and O–H groups in total. The number of aromatic nitrogens is 3. The fraction of sp³-hybridized carbons (Fsp3) is 0.235. The Kier molecular flexibility index (Phi) is 4.78.